The molecule has 1 aromatic carbocycles. The minimum Gasteiger partial charge on any atom is -0.478 e. The van der Waals surface area contributed by atoms with Crippen molar-refractivity contribution in [1.82, 2.24) is 4.98 Å². The van der Waals surface area contributed by atoms with Gasteiger partial charge in [-0.25, -0.2) is 14.2 Å². The lowest BCUT2D eigenvalue weighted by atomic mass is 10.2. The van der Waals surface area contributed by atoms with Crippen LogP contribution in [0.3, 0.4) is 0 Å². The molecule has 2 aromatic rings. The number of nitrogens with one attached hydrogen (secondary N) is 1. The van der Waals surface area contributed by atoms with Crippen molar-refractivity contribution < 1.29 is 14.3 Å². The first-order valence-corrected chi connectivity index (χ1v) is 6.19. The second-order valence-corrected chi connectivity index (χ2v) is 4.75. The average molecular weight is 325 g/mol. The van der Waals surface area contributed by atoms with Crippen LogP contribution in [0, 0.1) is 12.7 Å². The van der Waals surface area contributed by atoms with Crippen molar-refractivity contribution >= 4 is 33.4 Å². The SMILES string of the molecule is Cc1c(Br)cccc1Nc1ncc(F)cc1C(=O)O. The summed E-state index contributed by atoms with van der Waals surface area (Å²) in [5.41, 5.74) is 1.40. The average Bonchev–Trinajstić information content (AvgIpc) is 2.36. The second kappa shape index (κ2) is 5.36. The highest BCUT2D eigenvalue weighted by molar-refractivity contribution is 9.10. The molecule has 1 aromatic heterocycles. The summed E-state index contributed by atoms with van der Waals surface area (Å²) < 4.78 is 13.9. The predicted octanol–water partition coefficient (Wildman–Crippen LogP) is 3.73. The molecule has 2 rings (SSSR count). The lowest BCUT2D eigenvalue weighted by Gasteiger charge is -2.11. The Hall–Kier alpha value is -1.95. The number of benzene rings is 1. The van der Waals surface area contributed by atoms with Gasteiger partial charge in [0.05, 0.1) is 6.20 Å². The number of carboxylic acid groups (broad SMARTS) is 1. The molecule has 0 aliphatic carbocycles. The van der Waals surface area contributed by atoms with Crippen molar-refractivity contribution in [2.24, 2.45) is 0 Å². The molecule has 0 saturated carbocycles. The Kier molecular flexibility index (Phi) is 3.80. The molecule has 0 fully saturated rings. The lowest BCUT2D eigenvalue weighted by molar-refractivity contribution is 0.0697. The van der Waals surface area contributed by atoms with Gasteiger partial charge >= 0.3 is 5.97 Å². The van der Waals surface area contributed by atoms with Crippen molar-refractivity contribution in [3.05, 3.63) is 51.9 Å². The Labute approximate surface area is 117 Å². The number of carboxylic acids is 1. The molecular weight excluding hydrogens is 315 g/mol. The van der Waals surface area contributed by atoms with Crippen molar-refractivity contribution in [2.75, 3.05) is 5.32 Å². The van der Waals surface area contributed by atoms with E-state index in [0.717, 1.165) is 22.3 Å². The first kappa shape index (κ1) is 13.5. The third kappa shape index (κ3) is 2.90. The summed E-state index contributed by atoms with van der Waals surface area (Å²) >= 11 is 3.38. The minimum atomic E-state index is -1.23. The van der Waals surface area contributed by atoms with E-state index in [1.54, 1.807) is 6.07 Å². The van der Waals surface area contributed by atoms with E-state index in [1.807, 2.05) is 19.1 Å². The topological polar surface area (TPSA) is 62.2 Å². The minimum absolute atomic E-state index is 0.107. The van der Waals surface area contributed by atoms with Gasteiger partial charge in [-0.2, -0.15) is 0 Å². The molecule has 0 saturated heterocycles. The number of nitrogens with zero attached hydrogens (tertiary/aromatic N) is 1. The maximum atomic E-state index is 13.0. The van der Waals surface area contributed by atoms with Gasteiger partial charge in [-0.15, -0.1) is 0 Å². The number of halogens is 2. The summed E-state index contributed by atoms with van der Waals surface area (Å²) in [5, 5.41) is 11.9. The van der Waals surface area contributed by atoms with Crippen molar-refractivity contribution in [2.45, 2.75) is 6.92 Å². The number of hydrogen-bond acceptors (Lipinski definition) is 3. The van der Waals surface area contributed by atoms with Crippen LogP contribution in [0.15, 0.2) is 34.9 Å². The van der Waals surface area contributed by atoms with Crippen LogP contribution in [0.5, 0.6) is 0 Å². The molecule has 0 aliphatic heterocycles. The first-order valence-electron chi connectivity index (χ1n) is 5.40. The molecule has 19 heavy (non-hydrogen) atoms. The van der Waals surface area contributed by atoms with Crippen molar-refractivity contribution in [3.8, 4) is 0 Å². The highest BCUT2D eigenvalue weighted by Gasteiger charge is 2.14. The van der Waals surface area contributed by atoms with E-state index in [0.29, 0.717) is 5.69 Å². The highest BCUT2D eigenvalue weighted by Crippen LogP contribution is 2.27. The summed E-state index contributed by atoms with van der Waals surface area (Å²) in [6.45, 7) is 1.87. The number of rotatable bonds is 3. The predicted molar refractivity (Wildman–Crippen MR) is 73.3 cm³/mol. The fourth-order valence-electron chi connectivity index (χ4n) is 1.57. The summed E-state index contributed by atoms with van der Waals surface area (Å²) in [6.07, 6.45) is 0.974. The largest absolute Gasteiger partial charge is 0.478 e. The molecule has 0 radical (unpaired) electrons. The smallest absolute Gasteiger partial charge is 0.339 e. The van der Waals surface area contributed by atoms with Gasteiger partial charge in [0.1, 0.15) is 17.2 Å². The quantitative estimate of drug-likeness (QED) is 0.902. The van der Waals surface area contributed by atoms with Crippen LogP contribution in [0.1, 0.15) is 15.9 Å². The molecule has 0 unspecified atom stereocenters. The zero-order chi connectivity index (χ0) is 14.0. The van der Waals surface area contributed by atoms with Gasteiger partial charge < -0.3 is 10.4 Å². The molecule has 0 spiro atoms. The van der Waals surface area contributed by atoms with Gasteiger partial charge in [-0.05, 0) is 30.7 Å². The van der Waals surface area contributed by atoms with Gasteiger partial charge in [0.25, 0.3) is 0 Å². The zero-order valence-corrected chi connectivity index (χ0v) is 11.5. The molecule has 4 nitrogen and oxygen atoms in total. The van der Waals surface area contributed by atoms with E-state index in [1.165, 1.54) is 0 Å². The van der Waals surface area contributed by atoms with Crippen molar-refractivity contribution in [1.29, 1.82) is 0 Å². The van der Waals surface area contributed by atoms with E-state index >= 15 is 0 Å². The summed E-state index contributed by atoms with van der Waals surface area (Å²) in [4.78, 5) is 14.8. The number of hydrogen-bond donors (Lipinski definition) is 2. The van der Waals surface area contributed by atoms with Crippen LogP contribution in [0.2, 0.25) is 0 Å². The van der Waals surface area contributed by atoms with Gasteiger partial charge in [-0.3, -0.25) is 0 Å². The molecular formula is C13H10BrFN2O2. The molecule has 0 aliphatic rings. The number of pyridine rings is 1. The molecule has 6 heteroatoms. The molecule has 2 N–H and O–H groups in total. The van der Waals surface area contributed by atoms with Gasteiger partial charge in [0, 0.05) is 10.2 Å². The van der Waals surface area contributed by atoms with Crippen molar-refractivity contribution in [3.63, 3.8) is 0 Å². The Morgan fingerprint density at radius 2 is 2.21 bits per heavy atom. The molecule has 1 heterocycles. The summed E-state index contributed by atoms with van der Waals surface area (Å²) in [7, 11) is 0. The second-order valence-electron chi connectivity index (χ2n) is 3.89. The van der Waals surface area contributed by atoms with E-state index < -0.39 is 11.8 Å². The van der Waals surface area contributed by atoms with Gasteiger partial charge in [0.2, 0.25) is 0 Å². The normalized spacial score (nSPS) is 10.3. The summed E-state index contributed by atoms with van der Waals surface area (Å²) in [5.74, 6) is -1.81. The zero-order valence-electron chi connectivity index (χ0n) is 9.95. The van der Waals surface area contributed by atoms with Crippen LogP contribution in [0.25, 0.3) is 0 Å². The fourth-order valence-corrected chi connectivity index (χ4v) is 1.94. The van der Waals surface area contributed by atoms with Gasteiger partial charge in [-0.1, -0.05) is 22.0 Å². The van der Waals surface area contributed by atoms with Gasteiger partial charge in [0.15, 0.2) is 0 Å². The third-order valence-corrected chi connectivity index (χ3v) is 3.46. The first-order chi connectivity index (χ1) is 8.99. The lowest BCUT2D eigenvalue weighted by Crippen LogP contribution is -2.06. The summed E-state index contributed by atoms with van der Waals surface area (Å²) in [6, 6.07) is 6.40. The van der Waals surface area contributed by atoms with Crippen LogP contribution in [-0.2, 0) is 0 Å². The van der Waals surface area contributed by atoms with E-state index in [4.69, 9.17) is 5.11 Å². The Morgan fingerprint density at radius 3 is 2.89 bits per heavy atom. The maximum Gasteiger partial charge on any atom is 0.339 e. The van der Waals surface area contributed by atoms with E-state index in [2.05, 4.69) is 26.2 Å². The molecule has 98 valence electrons. The van der Waals surface area contributed by atoms with Crippen LogP contribution in [-0.4, -0.2) is 16.1 Å². The number of aromatic carboxylic acids is 1. The monoisotopic (exact) mass is 324 g/mol. The Morgan fingerprint density at radius 1 is 1.47 bits per heavy atom. The maximum absolute atomic E-state index is 13.0. The Bertz CT molecular complexity index is 647. The fraction of sp³-hybridized carbons (Fsp3) is 0.0769. The number of anilines is 2. The van der Waals surface area contributed by atoms with E-state index in [-0.39, 0.29) is 11.4 Å². The van der Waals surface area contributed by atoms with E-state index in [9.17, 15) is 9.18 Å². The van der Waals surface area contributed by atoms with Crippen LogP contribution >= 0.6 is 15.9 Å². The standard InChI is InChI=1S/C13H10BrFN2O2/c1-7-10(14)3-2-4-11(7)17-12-9(13(18)19)5-8(15)6-16-12/h2-6H,1H3,(H,16,17)(H,18,19). The third-order valence-electron chi connectivity index (χ3n) is 2.61. The molecule has 0 bridgehead atoms. The molecule has 0 amide bonds. The molecule has 0 atom stereocenters. The highest BCUT2D eigenvalue weighted by atomic mass is 79.9. The number of carbonyl (C=O) groups is 1. The van der Waals surface area contributed by atoms with Crippen LogP contribution in [0.4, 0.5) is 15.9 Å². The Balaban J connectivity index is 2.44. The van der Waals surface area contributed by atoms with Crippen LogP contribution < -0.4 is 5.32 Å². The number of aromatic nitrogens is 1.